The van der Waals surface area contributed by atoms with Crippen molar-refractivity contribution < 1.29 is 0 Å². The van der Waals surface area contributed by atoms with E-state index in [2.05, 4.69) is 107 Å². The number of nitrogens with one attached hydrogen (secondary N) is 2. The molecule has 0 aliphatic carbocycles. The van der Waals surface area contributed by atoms with Crippen molar-refractivity contribution in [3.63, 3.8) is 0 Å². The van der Waals surface area contributed by atoms with Gasteiger partial charge in [0.25, 0.3) is 0 Å². The molecule has 0 radical (unpaired) electrons. The summed E-state index contributed by atoms with van der Waals surface area (Å²) in [6.07, 6.45) is -3.55. The molecular formula is C21H48N2P2S2. The Morgan fingerprint density at radius 1 is 0.481 bits per heavy atom. The van der Waals surface area contributed by atoms with Gasteiger partial charge in [-0.3, -0.25) is 10.2 Å². The van der Waals surface area contributed by atoms with Crippen molar-refractivity contribution in [3.8, 4) is 0 Å². The van der Waals surface area contributed by atoms with Gasteiger partial charge in [0.05, 0.1) is 0 Å². The minimum Gasteiger partial charge on any atom is -0.287 e. The van der Waals surface area contributed by atoms with Crippen LogP contribution < -0.4 is 10.2 Å². The molecule has 2 nitrogen and oxygen atoms in total. The van der Waals surface area contributed by atoms with Crippen molar-refractivity contribution >= 4 is 36.0 Å². The summed E-state index contributed by atoms with van der Waals surface area (Å²) in [6, 6.07) is 0. The van der Waals surface area contributed by atoms with Gasteiger partial charge < -0.3 is 0 Å². The first-order chi connectivity index (χ1) is 11.4. The van der Waals surface area contributed by atoms with E-state index in [1.54, 1.807) is 0 Å². The fourth-order valence-corrected chi connectivity index (χ4v) is 11.3. The van der Waals surface area contributed by atoms with Crippen LogP contribution in [0.1, 0.15) is 96.9 Å². The van der Waals surface area contributed by atoms with Crippen LogP contribution in [0.15, 0.2) is 0 Å². The van der Waals surface area contributed by atoms with Gasteiger partial charge in [-0.1, -0.05) is 121 Å². The third kappa shape index (κ3) is 6.60. The van der Waals surface area contributed by atoms with Gasteiger partial charge in [-0.05, 0) is 5.41 Å². The van der Waals surface area contributed by atoms with Crippen molar-refractivity contribution in [2.75, 3.05) is 13.1 Å². The molecule has 0 spiro atoms. The van der Waals surface area contributed by atoms with Crippen LogP contribution in [-0.2, 0) is 23.6 Å². The standard InChI is InChI=1S/C21H48N2P2S2/c1-17(2,3)24(26,18(4,5)6)22-15-21(13,14)16-23-25(27,19(7,8)9)20(10,11)12/h15-16H2,1-14H3,(H,22,26)(H,23,27). The van der Waals surface area contributed by atoms with E-state index in [1.807, 2.05) is 0 Å². The first-order valence-corrected chi connectivity index (χ1v) is 15.7. The normalized spacial score (nSPS) is 15.9. The molecule has 164 valence electrons. The maximum absolute atomic E-state index is 6.29. The lowest BCUT2D eigenvalue weighted by molar-refractivity contribution is 0.364. The Morgan fingerprint density at radius 2 is 0.667 bits per heavy atom. The highest BCUT2D eigenvalue weighted by molar-refractivity contribution is 8.15. The summed E-state index contributed by atoms with van der Waals surface area (Å²) in [5.41, 5.74) is 0.0844. The van der Waals surface area contributed by atoms with E-state index in [0.29, 0.717) is 0 Å². The smallest absolute Gasteiger partial charge is 0.0227 e. The maximum atomic E-state index is 6.29. The van der Waals surface area contributed by atoms with E-state index in [9.17, 15) is 0 Å². The van der Waals surface area contributed by atoms with E-state index < -0.39 is 12.4 Å². The Labute approximate surface area is 181 Å². The molecule has 0 aliphatic heterocycles. The van der Waals surface area contributed by atoms with Crippen LogP contribution in [0.4, 0.5) is 0 Å². The molecular weight excluding hydrogens is 406 g/mol. The quantitative estimate of drug-likeness (QED) is 0.415. The summed E-state index contributed by atoms with van der Waals surface area (Å²) in [5.74, 6) is 0. The van der Waals surface area contributed by atoms with Crippen molar-refractivity contribution in [1.29, 1.82) is 0 Å². The fourth-order valence-electron chi connectivity index (χ4n) is 3.67. The molecule has 0 aromatic carbocycles. The van der Waals surface area contributed by atoms with Crippen LogP contribution in [0, 0.1) is 5.41 Å². The predicted octanol–water partition coefficient (Wildman–Crippen LogP) is 7.17. The third-order valence-corrected chi connectivity index (χ3v) is 21.5. The molecule has 0 aromatic heterocycles. The summed E-state index contributed by atoms with van der Waals surface area (Å²) in [7, 11) is 0. The zero-order chi connectivity index (χ0) is 22.3. The molecule has 27 heavy (non-hydrogen) atoms. The van der Waals surface area contributed by atoms with E-state index in [1.165, 1.54) is 0 Å². The van der Waals surface area contributed by atoms with Gasteiger partial charge in [-0.15, -0.1) is 0 Å². The molecule has 0 fully saturated rings. The zero-order valence-corrected chi connectivity index (χ0v) is 24.0. The molecule has 0 saturated heterocycles. The van der Waals surface area contributed by atoms with Gasteiger partial charge in [0, 0.05) is 46.1 Å². The van der Waals surface area contributed by atoms with Crippen molar-refractivity contribution in [3.05, 3.63) is 0 Å². The first kappa shape index (κ1) is 28.2. The summed E-state index contributed by atoms with van der Waals surface area (Å²) in [4.78, 5) is 0. The van der Waals surface area contributed by atoms with Gasteiger partial charge in [-0.2, -0.15) is 0 Å². The summed E-state index contributed by atoms with van der Waals surface area (Å²) >= 11 is 12.6. The molecule has 0 bridgehead atoms. The van der Waals surface area contributed by atoms with Crippen molar-refractivity contribution in [2.45, 2.75) is 118 Å². The first-order valence-electron chi connectivity index (χ1n) is 10.1. The van der Waals surface area contributed by atoms with Crippen molar-refractivity contribution in [1.82, 2.24) is 10.2 Å². The van der Waals surface area contributed by atoms with Crippen molar-refractivity contribution in [2.24, 2.45) is 5.41 Å². The van der Waals surface area contributed by atoms with Crippen LogP contribution in [0.3, 0.4) is 0 Å². The molecule has 0 aromatic rings. The lowest BCUT2D eigenvalue weighted by Crippen LogP contribution is -2.45. The number of rotatable bonds is 6. The van der Waals surface area contributed by atoms with Crippen LogP contribution >= 0.6 is 12.4 Å². The SMILES string of the molecule is CC(C)(CNP(=S)(C(C)(C)C)C(C)(C)C)CNP(=S)(C(C)(C)C)C(C)(C)C. The Bertz CT molecular complexity index is 510. The average Bonchev–Trinajstić information content (AvgIpc) is 2.37. The Morgan fingerprint density at radius 3 is 0.815 bits per heavy atom. The molecule has 0 saturated carbocycles. The summed E-state index contributed by atoms with van der Waals surface area (Å²) in [5, 5.41) is 8.16. The minimum absolute atomic E-state index is 0.0844. The molecule has 0 unspecified atom stereocenters. The fraction of sp³-hybridized carbons (Fsp3) is 1.00. The lowest BCUT2D eigenvalue weighted by atomic mass is 9.94. The topological polar surface area (TPSA) is 24.1 Å². The zero-order valence-electron chi connectivity index (χ0n) is 20.6. The Hall–Kier alpha value is 1.22. The van der Waals surface area contributed by atoms with Gasteiger partial charge >= 0.3 is 0 Å². The summed E-state index contributed by atoms with van der Waals surface area (Å²) < 4.78 is 0. The molecule has 2 N–H and O–H groups in total. The maximum Gasteiger partial charge on any atom is 0.0227 e. The highest BCUT2D eigenvalue weighted by atomic mass is 32.4. The second kappa shape index (κ2) is 8.39. The number of hydrogen-bond acceptors (Lipinski definition) is 2. The average molecular weight is 455 g/mol. The van der Waals surface area contributed by atoms with Crippen LogP contribution in [0.25, 0.3) is 0 Å². The summed E-state index contributed by atoms with van der Waals surface area (Å²) in [6.45, 7) is 33.9. The van der Waals surface area contributed by atoms with E-state index in [4.69, 9.17) is 23.6 Å². The van der Waals surface area contributed by atoms with Gasteiger partial charge in [0.1, 0.15) is 0 Å². The highest BCUT2D eigenvalue weighted by Gasteiger charge is 2.44. The van der Waals surface area contributed by atoms with Gasteiger partial charge in [0.15, 0.2) is 0 Å². The van der Waals surface area contributed by atoms with E-state index >= 15 is 0 Å². The number of hydrogen-bond donors (Lipinski definition) is 2. The highest BCUT2D eigenvalue weighted by Crippen LogP contribution is 2.65. The minimum atomic E-state index is -1.77. The van der Waals surface area contributed by atoms with E-state index in [-0.39, 0.29) is 26.0 Å². The molecule has 6 heteroatoms. The van der Waals surface area contributed by atoms with E-state index in [0.717, 1.165) is 13.1 Å². The molecule has 0 heterocycles. The van der Waals surface area contributed by atoms with Crippen LogP contribution in [0.2, 0.25) is 0 Å². The monoisotopic (exact) mass is 454 g/mol. The van der Waals surface area contributed by atoms with Gasteiger partial charge in [0.2, 0.25) is 0 Å². The second-order valence-electron chi connectivity index (χ2n) is 12.7. The largest absolute Gasteiger partial charge is 0.287 e. The lowest BCUT2D eigenvalue weighted by Gasteiger charge is -2.48. The molecule has 0 aliphatic rings. The molecule has 0 atom stereocenters. The predicted molar refractivity (Wildman–Crippen MR) is 137 cm³/mol. The van der Waals surface area contributed by atoms with Crippen LogP contribution in [0.5, 0.6) is 0 Å². The molecule has 0 amide bonds. The second-order valence-corrected chi connectivity index (χ2v) is 24.5. The Balaban J connectivity index is 5.47. The van der Waals surface area contributed by atoms with Crippen LogP contribution in [-0.4, -0.2) is 33.7 Å². The van der Waals surface area contributed by atoms with Gasteiger partial charge in [-0.25, -0.2) is 0 Å². The molecule has 0 rings (SSSR count). The third-order valence-electron chi connectivity index (χ3n) is 5.34. The Kier molecular flexibility index (Phi) is 8.77.